The number of aryl methyl sites for hydroxylation is 10. The standard InChI is InChI=1S/C22H28O2.C20H24O2.C19H22O2.C18H20O2.C17H18O2/c1-6-7-8-9-16-13-19(23-5)21-17-12-15(2)10-11-18(17)22(3,4)24-20(21)14-16;1-5-6-7-14-11-17(21)19-15-10-13(2)8-9-16(15)20(3,4)22-18(19)12-14;1-5-6-13-10-16(20)18-14-9-12(2)7-8-15(14)19(3,4)21-17(18)11-13;1-5-12-9-15(19)17-13-8-11(2)6-7-14(13)18(3,4)20-16(17)10-12;1-10-5-6-13-12(7-10)16-14(18)8-11(2)9-15(16)19-17(13,3)4/h10-14H,6-9H2,1-5H3;8-12,21H,5-7H2,1-4H3;7-11,20H,5-6H2,1-4H3;6-10,19H,5H2,1-4H3;5-9,18H,1-4H3. The van der Waals surface area contributed by atoms with Crippen molar-refractivity contribution in [3.05, 3.63) is 235 Å². The Hall–Kier alpha value is -9.80. The zero-order chi connectivity index (χ0) is 76.7. The monoisotopic (exact) mass is 1420 g/mol. The molecule has 10 aromatic carbocycles. The Labute approximate surface area is 631 Å². The van der Waals surface area contributed by atoms with Crippen LogP contribution in [-0.2, 0) is 53.7 Å². The number of hydrogen-bond donors (Lipinski definition) is 4. The van der Waals surface area contributed by atoms with E-state index in [1.807, 2.05) is 37.3 Å². The van der Waals surface area contributed by atoms with Crippen molar-refractivity contribution in [2.45, 2.75) is 231 Å². The lowest BCUT2D eigenvalue weighted by Crippen LogP contribution is -2.29. The molecule has 0 bridgehead atoms. The van der Waals surface area contributed by atoms with Gasteiger partial charge in [-0.15, -0.1) is 0 Å². The largest absolute Gasteiger partial charge is 0.507 e. The molecule has 15 rings (SSSR count). The summed E-state index contributed by atoms with van der Waals surface area (Å²) in [6, 6.07) is 51.9. The number of phenolic OH excluding ortho intramolecular Hbond substituents is 4. The molecule has 0 unspecified atom stereocenters. The van der Waals surface area contributed by atoms with E-state index in [4.69, 9.17) is 28.4 Å². The second-order valence-corrected chi connectivity index (χ2v) is 32.3. The van der Waals surface area contributed by atoms with Gasteiger partial charge in [-0.25, -0.2) is 0 Å². The number of methoxy groups -OCH3 is 1. The summed E-state index contributed by atoms with van der Waals surface area (Å²) in [6.07, 6.45) is 10.9. The lowest BCUT2D eigenvalue weighted by molar-refractivity contribution is 0.105. The maximum atomic E-state index is 10.6. The van der Waals surface area contributed by atoms with Crippen LogP contribution in [0.3, 0.4) is 0 Å². The van der Waals surface area contributed by atoms with Crippen LogP contribution in [0.2, 0.25) is 0 Å². The van der Waals surface area contributed by atoms with Gasteiger partial charge in [-0.2, -0.15) is 0 Å². The summed E-state index contributed by atoms with van der Waals surface area (Å²) in [5.41, 5.74) is 25.5. The van der Waals surface area contributed by atoms with Crippen molar-refractivity contribution >= 4 is 0 Å². The summed E-state index contributed by atoms with van der Waals surface area (Å²) in [5.74, 6) is 6.25. The van der Waals surface area contributed by atoms with Crippen LogP contribution in [0.1, 0.15) is 219 Å². The highest BCUT2D eigenvalue weighted by Gasteiger charge is 2.40. The van der Waals surface area contributed by atoms with Crippen LogP contribution in [0.15, 0.2) is 152 Å². The average molecular weight is 1430 g/mol. The molecule has 0 saturated carbocycles. The molecule has 556 valence electrons. The number of phenols is 4. The minimum Gasteiger partial charge on any atom is -0.507 e. The number of benzene rings is 10. The first-order valence-corrected chi connectivity index (χ1v) is 38.3. The fraction of sp³-hybridized carbons (Fsp3) is 0.375. The molecule has 106 heavy (non-hydrogen) atoms. The van der Waals surface area contributed by atoms with E-state index < -0.39 is 0 Å². The molecule has 0 aliphatic carbocycles. The zero-order valence-corrected chi connectivity index (χ0v) is 66.7. The molecule has 0 spiro atoms. The Bertz CT molecular complexity index is 4940. The molecule has 0 amide bonds. The van der Waals surface area contributed by atoms with Crippen molar-refractivity contribution in [2.24, 2.45) is 0 Å². The van der Waals surface area contributed by atoms with Gasteiger partial charge in [0.25, 0.3) is 0 Å². The smallest absolute Gasteiger partial charge is 0.132 e. The van der Waals surface area contributed by atoms with E-state index in [0.717, 1.165) is 174 Å². The lowest BCUT2D eigenvalue weighted by Gasteiger charge is -2.36. The third kappa shape index (κ3) is 16.0. The third-order valence-corrected chi connectivity index (χ3v) is 21.1. The van der Waals surface area contributed by atoms with Gasteiger partial charge in [0.05, 0.1) is 34.9 Å². The number of fused-ring (bicyclic) bond motifs is 15. The Morgan fingerprint density at radius 3 is 0.896 bits per heavy atom. The molecule has 10 heteroatoms. The second kappa shape index (κ2) is 30.6. The summed E-state index contributed by atoms with van der Waals surface area (Å²) in [4.78, 5) is 0. The predicted molar refractivity (Wildman–Crippen MR) is 435 cm³/mol. The number of hydrogen-bond acceptors (Lipinski definition) is 10. The van der Waals surface area contributed by atoms with E-state index in [1.54, 1.807) is 13.2 Å². The number of ether oxygens (including phenoxy) is 6. The van der Waals surface area contributed by atoms with Crippen molar-refractivity contribution in [3.63, 3.8) is 0 Å². The Morgan fingerprint density at radius 2 is 0.566 bits per heavy atom. The summed E-state index contributed by atoms with van der Waals surface area (Å²) in [5, 5.41) is 41.7. The van der Waals surface area contributed by atoms with Crippen LogP contribution in [0.25, 0.3) is 55.6 Å². The van der Waals surface area contributed by atoms with Crippen LogP contribution in [-0.4, -0.2) is 27.5 Å². The van der Waals surface area contributed by atoms with Gasteiger partial charge in [0.2, 0.25) is 0 Å². The van der Waals surface area contributed by atoms with Crippen LogP contribution in [0.4, 0.5) is 0 Å². The number of rotatable bonds is 11. The SMILES string of the molecule is CCCCCc1cc(OC)c2c(c1)OC(C)(C)c1ccc(C)cc1-2.CCCCc1cc(O)c2c(c1)OC(C)(C)c1ccc(C)cc1-2.CCCc1cc(O)c2c(c1)OC(C)(C)c1ccc(C)cc1-2.CCc1cc(O)c2c(c1)OC(C)(C)c1ccc(C)cc1-2.Cc1cc(O)c2c(c1)OC(C)(C)c1ccc(C)cc1-2. The van der Waals surface area contributed by atoms with E-state index in [2.05, 4.69) is 247 Å². The minimum absolute atomic E-state index is 0.289. The highest BCUT2D eigenvalue weighted by molar-refractivity contribution is 5.87. The first-order valence-electron chi connectivity index (χ1n) is 38.3. The van der Waals surface area contributed by atoms with Crippen LogP contribution >= 0.6 is 0 Å². The molecule has 5 aliphatic rings. The van der Waals surface area contributed by atoms with E-state index in [9.17, 15) is 20.4 Å². The first kappa shape index (κ1) is 77.3. The molecule has 10 nitrogen and oxygen atoms in total. The summed E-state index contributed by atoms with van der Waals surface area (Å²) >= 11 is 0. The minimum atomic E-state index is -0.383. The summed E-state index contributed by atoms with van der Waals surface area (Å²) in [7, 11) is 1.75. The molecule has 5 aliphatic heterocycles. The fourth-order valence-electron chi connectivity index (χ4n) is 15.7. The molecule has 0 atom stereocenters. The molecule has 10 aromatic rings. The van der Waals surface area contributed by atoms with Crippen molar-refractivity contribution < 1.29 is 48.8 Å². The Kier molecular flexibility index (Phi) is 22.3. The van der Waals surface area contributed by atoms with Gasteiger partial charge in [0.1, 0.15) is 85.5 Å². The van der Waals surface area contributed by atoms with Crippen LogP contribution < -0.4 is 28.4 Å². The Morgan fingerprint density at radius 1 is 0.283 bits per heavy atom. The highest BCUT2D eigenvalue weighted by atomic mass is 16.5. The summed E-state index contributed by atoms with van der Waals surface area (Å²) < 4.78 is 36.8. The summed E-state index contributed by atoms with van der Waals surface area (Å²) in [6.45, 7) is 41.9. The second-order valence-electron chi connectivity index (χ2n) is 32.3. The molecular formula is C96H112O10. The molecule has 0 radical (unpaired) electrons. The van der Waals surface area contributed by atoms with Gasteiger partial charge in [-0.05, 0) is 266 Å². The molecule has 5 heterocycles. The van der Waals surface area contributed by atoms with E-state index in [0.29, 0.717) is 17.2 Å². The van der Waals surface area contributed by atoms with Gasteiger partial charge in [-0.1, -0.05) is 172 Å². The van der Waals surface area contributed by atoms with Crippen LogP contribution in [0, 0.1) is 41.5 Å². The van der Waals surface area contributed by atoms with Crippen molar-refractivity contribution in [1.82, 2.24) is 0 Å². The predicted octanol–water partition coefficient (Wildman–Crippen LogP) is 25.2. The quantitative estimate of drug-likeness (QED) is 0.0927. The maximum Gasteiger partial charge on any atom is 0.132 e. The van der Waals surface area contributed by atoms with Gasteiger partial charge >= 0.3 is 0 Å². The Balaban J connectivity index is 0.000000132. The van der Waals surface area contributed by atoms with Crippen molar-refractivity contribution in [2.75, 3.05) is 7.11 Å². The van der Waals surface area contributed by atoms with Crippen molar-refractivity contribution in [3.8, 4) is 113 Å². The molecule has 0 aromatic heterocycles. The maximum absolute atomic E-state index is 10.6. The van der Waals surface area contributed by atoms with Gasteiger partial charge < -0.3 is 48.8 Å². The average Bonchev–Trinajstić information content (AvgIpc) is 0.772. The lowest BCUT2D eigenvalue weighted by atomic mass is 9.84. The molecular weight excluding hydrogens is 1310 g/mol. The van der Waals surface area contributed by atoms with Gasteiger partial charge in [0.15, 0.2) is 0 Å². The molecule has 0 saturated heterocycles. The van der Waals surface area contributed by atoms with Gasteiger partial charge in [-0.3, -0.25) is 0 Å². The first-order chi connectivity index (χ1) is 50.1. The fourth-order valence-corrected chi connectivity index (χ4v) is 15.7. The number of aromatic hydroxyl groups is 4. The van der Waals surface area contributed by atoms with Crippen molar-refractivity contribution in [1.29, 1.82) is 0 Å². The molecule has 4 N–H and O–H groups in total. The third-order valence-electron chi connectivity index (χ3n) is 21.1. The van der Waals surface area contributed by atoms with E-state index in [1.165, 1.54) is 63.8 Å². The van der Waals surface area contributed by atoms with Crippen LogP contribution in [0.5, 0.6) is 57.5 Å². The normalized spacial score (nSPS) is 15.0. The number of unbranched alkanes of at least 4 members (excludes halogenated alkanes) is 3. The van der Waals surface area contributed by atoms with Gasteiger partial charge in [0, 0.05) is 27.8 Å². The zero-order valence-electron chi connectivity index (χ0n) is 66.7. The van der Waals surface area contributed by atoms with E-state index in [-0.39, 0.29) is 33.8 Å². The molecule has 0 fully saturated rings. The topological polar surface area (TPSA) is 136 Å². The highest BCUT2D eigenvalue weighted by Crippen LogP contribution is 2.56. The van der Waals surface area contributed by atoms with E-state index >= 15 is 0 Å².